The highest BCUT2D eigenvalue weighted by Crippen LogP contribution is 2.34. The second kappa shape index (κ2) is 8.07. The number of nitrogens with one attached hydrogen (secondary N) is 1. The van der Waals surface area contributed by atoms with Crippen molar-refractivity contribution in [2.45, 2.75) is 52.9 Å². The lowest BCUT2D eigenvalue weighted by Gasteiger charge is -2.37. The lowest BCUT2D eigenvalue weighted by atomic mass is 9.86. The lowest BCUT2D eigenvalue weighted by molar-refractivity contribution is -0.134. The summed E-state index contributed by atoms with van der Waals surface area (Å²) in [5.41, 5.74) is 2.73. The van der Waals surface area contributed by atoms with Gasteiger partial charge in [-0.1, -0.05) is 13.8 Å². The van der Waals surface area contributed by atoms with Gasteiger partial charge in [-0.15, -0.1) is 0 Å². The molecule has 2 fully saturated rings. The molecular formula is C21H30N4O. The summed E-state index contributed by atoms with van der Waals surface area (Å²) in [5.74, 6) is 2.66. The maximum absolute atomic E-state index is 12.3. The van der Waals surface area contributed by atoms with Crippen LogP contribution in [-0.2, 0) is 11.2 Å². The Bertz CT molecular complexity index is 705. The number of rotatable bonds is 6. The highest BCUT2D eigenvalue weighted by Gasteiger charge is 2.32. The van der Waals surface area contributed by atoms with Crippen molar-refractivity contribution in [3.05, 3.63) is 22.9 Å². The van der Waals surface area contributed by atoms with Crippen LogP contribution < -0.4 is 5.32 Å². The van der Waals surface area contributed by atoms with Crippen LogP contribution in [0.3, 0.4) is 0 Å². The Kier molecular flexibility index (Phi) is 5.80. The third-order valence-corrected chi connectivity index (χ3v) is 5.90. The smallest absolute Gasteiger partial charge is 0.222 e. The average molecular weight is 354 g/mol. The second-order valence-electron chi connectivity index (χ2n) is 8.01. The zero-order valence-corrected chi connectivity index (χ0v) is 16.2. The summed E-state index contributed by atoms with van der Waals surface area (Å²) in [6.45, 7) is 8.84. The molecule has 0 bridgehead atoms. The van der Waals surface area contributed by atoms with E-state index in [1.807, 2.05) is 13.0 Å². The number of piperidine rings is 1. The molecule has 1 saturated carbocycles. The van der Waals surface area contributed by atoms with Crippen LogP contribution in [0.15, 0.2) is 6.07 Å². The van der Waals surface area contributed by atoms with Gasteiger partial charge in [0.1, 0.15) is 11.9 Å². The summed E-state index contributed by atoms with van der Waals surface area (Å²) in [4.78, 5) is 19.0. The summed E-state index contributed by atoms with van der Waals surface area (Å²) in [6, 6.07) is 4.18. The fourth-order valence-electron chi connectivity index (χ4n) is 3.88. The number of aryl methyl sites for hydroxylation is 2. The quantitative estimate of drug-likeness (QED) is 0.848. The van der Waals surface area contributed by atoms with Crippen LogP contribution >= 0.6 is 0 Å². The predicted molar refractivity (Wildman–Crippen MR) is 103 cm³/mol. The molecule has 26 heavy (non-hydrogen) atoms. The number of amides is 1. The number of likely N-dealkylation sites (tertiary alicyclic amines) is 1. The molecule has 2 heterocycles. The number of carbonyl (C=O) groups excluding carboxylic acids is 1. The number of nitriles is 1. The number of nitrogens with zero attached hydrogens (tertiary/aromatic N) is 3. The van der Waals surface area contributed by atoms with E-state index in [1.54, 1.807) is 0 Å². The third-order valence-electron chi connectivity index (χ3n) is 5.90. The summed E-state index contributed by atoms with van der Waals surface area (Å²) in [6.07, 6.45) is 5.08. The number of hydrogen-bond acceptors (Lipinski definition) is 4. The standard InChI is InChI=1S/C21H30N4O/c1-4-19-14(2)9-18(11-22)21(24-19)23-12-17-7-8-25(13-15(17)3)20(26)10-16-5-6-16/h9,15-17H,4-8,10,12-13H2,1-3H3,(H,23,24). The molecule has 2 atom stereocenters. The van der Waals surface area contributed by atoms with Crippen LogP contribution in [0.4, 0.5) is 5.82 Å². The Morgan fingerprint density at radius 2 is 2.19 bits per heavy atom. The molecule has 1 aliphatic carbocycles. The number of hydrogen-bond donors (Lipinski definition) is 1. The van der Waals surface area contributed by atoms with E-state index in [1.165, 1.54) is 12.8 Å². The largest absolute Gasteiger partial charge is 0.369 e. The van der Waals surface area contributed by atoms with Crippen LogP contribution in [0.5, 0.6) is 0 Å². The maximum Gasteiger partial charge on any atom is 0.222 e. The molecule has 2 aliphatic rings. The summed E-state index contributed by atoms with van der Waals surface area (Å²) >= 11 is 0. The van der Waals surface area contributed by atoms with Crippen LogP contribution in [-0.4, -0.2) is 35.4 Å². The molecule has 1 aliphatic heterocycles. The van der Waals surface area contributed by atoms with Crippen LogP contribution in [0.2, 0.25) is 0 Å². The van der Waals surface area contributed by atoms with Gasteiger partial charge in [0.15, 0.2) is 0 Å². The van der Waals surface area contributed by atoms with E-state index in [9.17, 15) is 10.1 Å². The minimum atomic E-state index is 0.338. The molecule has 140 valence electrons. The van der Waals surface area contributed by atoms with Crippen LogP contribution in [0.1, 0.15) is 56.4 Å². The Morgan fingerprint density at radius 3 is 2.81 bits per heavy atom. The molecule has 5 nitrogen and oxygen atoms in total. The van der Waals surface area contributed by atoms with Crippen molar-refractivity contribution in [2.24, 2.45) is 17.8 Å². The van der Waals surface area contributed by atoms with Gasteiger partial charge in [0, 0.05) is 31.7 Å². The first-order valence-corrected chi connectivity index (χ1v) is 9.94. The van der Waals surface area contributed by atoms with E-state index in [0.717, 1.165) is 50.2 Å². The molecule has 0 spiro atoms. The monoisotopic (exact) mass is 354 g/mol. The van der Waals surface area contributed by atoms with Crippen LogP contribution in [0, 0.1) is 36.0 Å². The molecule has 1 aromatic rings. The normalized spacial score (nSPS) is 22.8. The number of pyridine rings is 1. The molecule has 1 saturated heterocycles. The van der Waals surface area contributed by atoms with Crippen molar-refractivity contribution in [2.75, 3.05) is 25.0 Å². The summed E-state index contributed by atoms with van der Waals surface area (Å²) < 4.78 is 0. The number of anilines is 1. The van der Waals surface area contributed by atoms with Crippen molar-refractivity contribution < 1.29 is 4.79 Å². The van der Waals surface area contributed by atoms with Crippen molar-refractivity contribution in [3.8, 4) is 6.07 Å². The van der Waals surface area contributed by atoms with Crippen molar-refractivity contribution in [1.82, 2.24) is 9.88 Å². The first kappa shape index (κ1) is 18.7. The van der Waals surface area contributed by atoms with Crippen molar-refractivity contribution in [1.29, 1.82) is 5.26 Å². The topological polar surface area (TPSA) is 69.0 Å². The van der Waals surface area contributed by atoms with Gasteiger partial charge in [-0.25, -0.2) is 4.98 Å². The highest BCUT2D eigenvalue weighted by atomic mass is 16.2. The predicted octanol–water partition coefficient (Wildman–Crippen LogP) is 3.52. The van der Waals surface area contributed by atoms with Gasteiger partial charge in [-0.3, -0.25) is 4.79 Å². The molecule has 2 unspecified atom stereocenters. The van der Waals surface area contributed by atoms with Gasteiger partial charge >= 0.3 is 0 Å². The Balaban J connectivity index is 1.57. The van der Waals surface area contributed by atoms with Gasteiger partial charge in [-0.05, 0) is 62.0 Å². The highest BCUT2D eigenvalue weighted by molar-refractivity contribution is 5.76. The lowest BCUT2D eigenvalue weighted by Crippen LogP contribution is -2.44. The summed E-state index contributed by atoms with van der Waals surface area (Å²) in [5, 5.41) is 12.8. The molecule has 5 heteroatoms. The summed E-state index contributed by atoms with van der Waals surface area (Å²) in [7, 11) is 0. The van der Waals surface area contributed by atoms with Gasteiger partial charge in [0.25, 0.3) is 0 Å². The van der Waals surface area contributed by atoms with E-state index in [2.05, 4.69) is 35.1 Å². The van der Waals surface area contributed by atoms with E-state index in [-0.39, 0.29) is 0 Å². The zero-order valence-electron chi connectivity index (χ0n) is 16.2. The minimum Gasteiger partial charge on any atom is -0.369 e. The van der Waals surface area contributed by atoms with E-state index in [4.69, 9.17) is 0 Å². The fraction of sp³-hybridized carbons (Fsp3) is 0.667. The molecular weight excluding hydrogens is 324 g/mol. The van der Waals surface area contributed by atoms with Gasteiger partial charge in [0.2, 0.25) is 5.91 Å². The SMILES string of the molecule is CCc1nc(NCC2CCN(C(=O)CC3CC3)CC2C)c(C#N)cc1C. The minimum absolute atomic E-state index is 0.338. The molecule has 1 amide bonds. The fourth-order valence-corrected chi connectivity index (χ4v) is 3.88. The molecule has 1 aromatic heterocycles. The van der Waals surface area contributed by atoms with E-state index >= 15 is 0 Å². The first-order chi connectivity index (χ1) is 12.5. The Labute approximate surface area is 156 Å². The Morgan fingerprint density at radius 1 is 1.42 bits per heavy atom. The molecule has 3 rings (SSSR count). The molecule has 1 N–H and O–H groups in total. The maximum atomic E-state index is 12.3. The van der Waals surface area contributed by atoms with E-state index in [0.29, 0.717) is 35.0 Å². The van der Waals surface area contributed by atoms with Crippen molar-refractivity contribution >= 4 is 11.7 Å². The second-order valence-corrected chi connectivity index (χ2v) is 8.01. The van der Waals surface area contributed by atoms with Crippen LogP contribution in [0.25, 0.3) is 0 Å². The van der Waals surface area contributed by atoms with Gasteiger partial charge in [-0.2, -0.15) is 5.26 Å². The van der Waals surface area contributed by atoms with Gasteiger partial charge < -0.3 is 10.2 Å². The number of carbonyl (C=O) groups is 1. The first-order valence-electron chi connectivity index (χ1n) is 9.94. The third kappa shape index (κ3) is 4.35. The van der Waals surface area contributed by atoms with Crippen molar-refractivity contribution in [3.63, 3.8) is 0 Å². The Hall–Kier alpha value is -2.09. The average Bonchev–Trinajstić information content (AvgIpc) is 3.45. The van der Waals surface area contributed by atoms with Gasteiger partial charge in [0.05, 0.1) is 5.56 Å². The molecule has 0 aromatic carbocycles. The van der Waals surface area contributed by atoms with E-state index < -0.39 is 0 Å². The zero-order chi connectivity index (χ0) is 18.7. The number of aromatic nitrogens is 1. The molecule has 0 radical (unpaired) electrons.